The highest BCUT2D eigenvalue weighted by Crippen LogP contribution is 2.27. The SMILES string of the molecule is CO[C@@H]1C[C@@H](C(=O)NCCN2CCN(C)C2=O)CC[C@H]1NC(=O)c1cn[nH]c1. The molecular formula is C18H28N6O4. The fourth-order valence-electron chi connectivity index (χ4n) is 3.79. The molecule has 0 aromatic carbocycles. The summed E-state index contributed by atoms with van der Waals surface area (Å²) in [5, 5.41) is 12.3. The number of aromatic nitrogens is 2. The highest BCUT2D eigenvalue weighted by atomic mass is 16.5. The second-order valence-corrected chi connectivity index (χ2v) is 7.33. The van der Waals surface area contributed by atoms with Gasteiger partial charge in [-0.1, -0.05) is 0 Å². The number of amides is 4. The van der Waals surface area contributed by atoms with E-state index in [1.165, 1.54) is 6.20 Å². The zero-order valence-corrected chi connectivity index (χ0v) is 16.3. The van der Waals surface area contributed by atoms with Crippen LogP contribution < -0.4 is 10.6 Å². The van der Waals surface area contributed by atoms with E-state index in [1.54, 1.807) is 30.2 Å². The molecule has 1 saturated carbocycles. The van der Waals surface area contributed by atoms with Crippen LogP contribution in [0.2, 0.25) is 0 Å². The Morgan fingerprint density at radius 3 is 2.82 bits per heavy atom. The fraction of sp³-hybridized carbons (Fsp3) is 0.667. The maximum absolute atomic E-state index is 12.5. The summed E-state index contributed by atoms with van der Waals surface area (Å²) in [5.41, 5.74) is 0.469. The first kappa shape index (κ1) is 20.1. The van der Waals surface area contributed by atoms with Gasteiger partial charge in [-0.15, -0.1) is 0 Å². The normalized spacial score (nSPS) is 25.1. The van der Waals surface area contributed by atoms with Gasteiger partial charge in [0.25, 0.3) is 5.91 Å². The number of ether oxygens (including phenoxy) is 1. The van der Waals surface area contributed by atoms with E-state index in [2.05, 4.69) is 20.8 Å². The number of hydrogen-bond donors (Lipinski definition) is 3. The summed E-state index contributed by atoms with van der Waals surface area (Å²) in [5.74, 6) is -0.394. The summed E-state index contributed by atoms with van der Waals surface area (Å²) in [6, 6.07) is -0.142. The van der Waals surface area contributed by atoms with E-state index in [4.69, 9.17) is 4.74 Å². The predicted molar refractivity (Wildman–Crippen MR) is 101 cm³/mol. The van der Waals surface area contributed by atoms with Gasteiger partial charge >= 0.3 is 6.03 Å². The van der Waals surface area contributed by atoms with Crippen LogP contribution in [0.4, 0.5) is 4.79 Å². The van der Waals surface area contributed by atoms with E-state index < -0.39 is 0 Å². The number of methoxy groups -OCH3 is 1. The van der Waals surface area contributed by atoms with Gasteiger partial charge < -0.3 is 25.2 Å². The van der Waals surface area contributed by atoms with Gasteiger partial charge in [0.1, 0.15) is 0 Å². The number of carbonyl (C=O) groups excluding carboxylic acids is 3. The first-order chi connectivity index (χ1) is 13.5. The van der Waals surface area contributed by atoms with Crippen molar-refractivity contribution >= 4 is 17.8 Å². The molecule has 1 aliphatic heterocycles. The van der Waals surface area contributed by atoms with Crippen molar-refractivity contribution in [2.24, 2.45) is 5.92 Å². The minimum Gasteiger partial charge on any atom is -0.379 e. The Morgan fingerprint density at radius 1 is 1.36 bits per heavy atom. The smallest absolute Gasteiger partial charge is 0.319 e. The number of carbonyl (C=O) groups is 3. The quantitative estimate of drug-likeness (QED) is 0.594. The largest absolute Gasteiger partial charge is 0.379 e. The molecule has 0 radical (unpaired) electrons. The molecule has 0 bridgehead atoms. The highest BCUT2D eigenvalue weighted by Gasteiger charge is 2.35. The second kappa shape index (κ2) is 9.05. The minimum atomic E-state index is -0.228. The average molecular weight is 392 g/mol. The van der Waals surface area contributed by atoms with E-state index in [9.17, 15) is 14.4 Å². The van der Waals surface area contributed by atoms with Gasteiger partial charge in [0.15, 0.2) is 0 Å². The van der Waals surface area contributed by atoms with E-state index in [-0.39, 0.29) is 35.9 Å². The monoisotopic (exact) mass is 392 g/mol. The van der Waals surface area contributed by atoms with Crippen LogP contribution in [0.15, 0.2) is 12.4 Å². The van der Waals surface area contributed by atoms with Gasteiger partial charge in [-0.05, 0) is 19.3 Å². The van der Waals surface area contributed by atoms with Crippen LogP contribution in [0.3, 0.4) is 0 Å². The standard InChI is InChI=1S/C18H28N6O4/c1-23-7-8-24(18(23)27)6-5-19-16(25)12-3-4-14(15(9-12)28-2)22-17(26)13-10-20-21-11-13/h10-12,14-15H,3-9H2,1-2H3,(H,19,25)(H,20,21)(H,22,26)/t12-,14+,15+/m0/s1. The molecule has 0 spiro atoms. The van der Waals surface area contributed by atoms with Crippen LogP contribution in [0, 0.1) is 5.92 Å². The molecule has 3 N–H and O–H groups in total. The number of aromatic amines is 1. The summed E-state index contributed by atoms with van der Waals surface area (Å²) in [6.07, 6.45) is 4.67. The van der Waals surface area contributed by atoms with Gasteiger partial charge in [0, 0.05) is 52.5 Å². The lowest BCUT2D eigenvalue weighted by molar-refractivity contribution is -0.128. The number of nitrogens with zero attached hydrogens (tertiary/aromatic N) is 3. The zero-order chi connectivity index (χ0) is 20.1. The Bertz CT molecular complexity index is 694. The van der Waals surface area contributed by atoms with Crippen LogP contribution in [0.25, 0.3) is 0 Å². The number of likely N-dealkylation sites (N-methyl/N-ethyl adjacent to an activating group) is 1. The molecule has 2 fully saturated rings. The van der Waals surface area contributed by atoms with Crippen LogP contribution in [-0.4, -0.2) is 90.3 Å². The number of urea groups is 1. The summed E-state index contributed by atoms with van der Waals surface area (Å²) >= 11 is 0. The van der Waals surface area contributed by atoms with Crippen LogP contribution in [-0.2, 0) is 9.53 Å². The van der Waals surface area contributed by atoms with Crippen molar-refractivity contribution in [3.05, 3.63) is 18.0 Å². The number of rotatable bonds is 7. The number of hydrogen-bond acceptors (Lipinski definition) is 5. The predicted octanol–water partition coefficient (Wildman–Crippen LogP) is -0.193. The van der Waals surface area contributed by atoms with Crippen molar-refractivity contribution in [1.82, 2.24) is 30.6 Å². The van der Waals surface area contributed by atoms with Gasteiger partial charge in [-0.2, -0.15) is 5.10 Å². The molecule has 1 aliphatic carbocycles. The van der Waals surface area contributed by atoms with Crippen molar-refractivity contribution in [1.29, 1.82) is 0 Å². The molecule has 28 heavy (non-hydrogen) atoms. The molecule has 2 heterocycles. The molecule has 4 amide bonds. The van der Waals surface area contributed by atoms with Gasteiger partial charge in [-0.3, -0.25) is 14.7 Å². The molecule has 1 aromatic heterocycles. The van der Waals surface area contributed by atoms with Crippen molar-refractivity contribution in [2.45, 2.75) is 31.4 Å². The second-order valence-electron chi connectivity index (χ2n) is 7.33. The van der Waals surface area contributed by atoms with Crippen LogP contribution in [0.5, 0.6) is 0 Å². The van der Waals surface area contributed by atoms with Gasteiger partial charge in [0.2, 0.25) is 5.91 Å². The van der Waals surface area contributed by atoms with E-state index in [0.717, 1.165) is 6.54 Å². The van der Waals surface area contributed by atoms with Crippen molar-refractivity contribution in [3.63, 3.8) is 0 Å². The molecule has 2 aliphatic rings. The van der Waals surface area contributed by atoms with Gasteiger partial charge in [-0.25, -0.2) is 4.79 Å². The van der Waals surface area contributed by atoms with E-state index in [0.29, 0.717) is 44.5 Å². The highest BCUT2D eigenvalue weighted by molar-refractivity contribution is 5.93. The molecule has 1 aromatic rings. The van der Waals surface area contributed by atoms with E-state index >= 15 is 0 Å². The summed E-state index contributed by atoms with van der Waals surface area (Å²) in [6.45, 7) is 2.36. The van der Waals surface area contributed by atoms with Crippen LogP contribution >= 0.6 is 0 Å². The Morgan fingerprint density at radius 2 is 2.18 bits per heavy atom. The first-order valence-electron chi connectivity index (χ1n) is 9.59. The first-order valence-corrected chi connectivity index (χ1v) is 9.59. The topological polar surface area (TPSA) is 120 Å². The van der Waals surface area contributed by atoms with Crippen molar-refractivity contribution in [3.8, 4) is 0 Å². The Labute approximate surface area is 164 Å². The molecule has 10 heteroatoms. The molecular weight excluding hydrogens is 364 g/mol. The lowest BCUT2D eigenvalue weighted by Gasteiger charge is -2.35. The third-order valence-corrected chi connectivity index (χ3v) is 5.53. The minimum absolute atomic E-state index is 0.00238. The summed E-state index contributed by atoms with van der Waals surface area (Å²) in [4.78, 5) is 40.0. The van der Waals surface area contributed by atoms with Gasteiger partial charge in [0.05, 0.1) is 23.9 Å². The molecule has 154 valence electrons. The zero-order valence-electron chi connectivity index (χ0n) is 16.3. The van der Waals surface area contributed by atoms with E-state index in [1.807, 2.05) is 0 Å². The Balaban J connectivity index is 1.44. The molecule has 3 atom stereocenters. The summed E-state index contributed by atoms with van der Waals surface area (Å²) < 4.78 is 5.54. The third kappa shape index (κ3) is 4.61. The maximum atomic E-state index is 12.5. The maximum Gasteiger partial charge on any atom is 0.319 e. The Kier molecular flexibility index (Phi) is 6.50. The average Bonchev–Trinajstić information content (AvgIpc) is 3.34. The number of H-pyrrole nitrogens is 1. The lowest BCUT2D eigenvalue weighted by atomic mass is 9.83. The van der Waals surface area contributed by atoms with Crippen molar-refractivity contribution < 1.29 is 19.1 Å². The Hall–Kier alpha value is -2.62. The third-order valence-electron chi connectivity index (χ3n) is 5.53. The van der Waals surface area contributed by atoms with Crippen LogP contribution in [0.1, 0.15) is 29.6 Å². The van der Waals surface area contributed by atoms with Crippen molar-refractivity contribution in [2.75, 3.05) is 40.3 Å². The lowest BCUT2D eigenvalue weighted by Crippen LogP contribution is -2.50. The summed E-state index contributed by atoms with van der Waals surface area (Å²) in [7, 11) is 3.37. The number of nitrogens with one attached hydrogen (secondary N) is 3. The molecule has 10 nitrogen and oxygen atoms in total. The fourth-order valence-corrected chi connectivity index (χ4v) is 3.79. The molecule has 0 unspecified atom stereocenters. The molecule has 3 rings (SSSR count). The molecule has 1 saturated heterocycles.